The van der Waals surface area contributed by atoms with E-state index in [0.717, 1.165) is 18.7 Å². The topological polar surface area (TPSA) is 62.5 Å². The number of carbonyl (C=O) groups is 1. The summed E-state index contributed by atoms with van der Waals surface area (Å²) in [5.41, 5.74) is 2.78. The molecule has 1 aliphatic heterocycles. The van der Waals surface area contributed by atoms with Crippen molar-refractivity contribution in [3.63, 3.8) is 0 Å². The number of hydrogen-bond acceptors (Lipinski definition) is 5. The van der Waals surface area contributed by atoms with Crippen molar-refractivity contribution in [1.29, 1.82) is 0 Å². The second-order valence-electron chi connectivity index (χ2n) is 7.37. The Labute approximate surface area is 174 Å². The highest BCUT2D eigenvalue weighted by Crippen LogP contribution is 2.17. The smallest absolute Gasteiger partial charge is 0.246 e. The molecular weight excluding hydrogens is 383 g/mol. The first-order valence-corrected chi connectivity index (χ1v) is 9.91. The van der Waals surface area contributed by atoms with E-state index in [4.69, 9.17) is 4.52 Å². The van der Waals surface area contributed by atoms with Crippen molar-refractivity contribution in [2.45, 2.75) is 13.5 Å². The highest BCUT2D eigenvalue weighted by molar-refractivity contribution is 5.91. The van der Waals surface area contributed by atoms with Gasteiger partial charge in [0.05, 0.1) is 6.54 Å². The molecule has 3 aromatic rings. The second-order valence-corrected chi connectivity index (χ2v) is 7.37. The lowest BCUT2D eigenvalue weighted by Crippen LogP contribution is -2.47. The van der Waals surface area contributed by atoms with Crippen LogP contribution in [0, 0.1) is 12.7 Å². The minimum Gasteiger partial charge on any atom is -0.338 e. The predicted molar refractivity (Wildman–Crippen MR) is 112 cm³/mol. The van der Waals surface area contributed by atoms with Crippen molar-refractivity contribution in [2.75, 3.05) is 26.2 Å². The van der Waals surface area contributed by atoms with Gasteiger partial charge in [0.25, 0.3) is 0 Å². The Hall–Kier alpha value is -3.32. The van der Waals surface area contributed by atoms with Crippen molar-refractivity contribution in [1.82, 2.24) is 19.9 Å². The number of piperazine rings is 1. The van der Waals surface area contributed by atoms with E-state index in [-0.39, 0.29) is 11.7 Å². The van der Waals surface area contributed by atoms with Crippen molar-refractivity contribution in [2.24, 2.45) is 0 Å². The number of amides is 1. The molecule has 1 amide bonds. The van der Waals surface area contributed by atoms with E-state index in [1.165, 1.54) is 23.8 Å². The van der Waals surface area contributed by atoms with Crippen LogP contribution in [0.5, 0.6) is 0 Å². The molecule has 1 saturated heterocycles. The highest BCUT2D eigenvalue weighted by Gasteiger charge is 2.21. The lowest BCUT2D eigenvalue weighted by molar-refractivity contribution is -0.127. The van der Waals surface area contributed by atoms with E-state index in [1.54, 1.807) is 23.1 Å². The predicted octanol–water partition coefficient (Wildman–Crippen LogP) is 3.54. The molecule has 0 saturated carbocycles. The molecular formula is C23H23FN4O2. The van der Waals surface area contributed by atoms with Gasteiger partial charge < -0.3 is 9.42 Å². The Morgan fingerprint density at radius 1 is 1.13 bits per heavy atom. The van der Waals surface area contributed by atoms with Crippen LogP contribution in [0.25, 0.3) is 17.5 Å². The van der Waals surface area contributed by atoms with Crippen LogP contribution < -0.4 is 0 Å². The van der Waals surface area contributed by atoms with Crippen molar-refractivity contribution in [3.8, 4) is 11.4 Å². The van der Waals surface area contributed by atoms with Gasteiger partial charge in [0.2, 0.25) is 17.6 Å². The van der Waals surface area contributed by atoms with E-state index in [2.05, 4.69) is 15.0 Å². The van der Waals surface area contributed by atoms with Gasteiger partial charge in [-0.15, -0.1) is 0 Å². The van der Waals surface area contributed by atoms with Crippen LogP contribution in [0.4, 0.5) is 4.39 Å². The summed E-state index contributed by atoms with van der Waals surface area (Å²) < 4.78 is 18.6. The van der Waals surface area contributed by atoms with Crippen molar-refractivity contribution in [3.05, 3.63) is 77.4 Å². The van der Waals surface area contributed by atoms with Crippen LogP contribution >= 0.6 is 0 Å². The summed E-state index contributed by atoms with van der Waals surface area (Å²) in [6, 6.07) is 14.2. The standard InChI is InChI=1S/C23H23FN4O2/c1-17-5-8-19(9-6-17)23-25-21(30-26-23)16-27-11-13-28(14-12-27)22(29)10-7-18-3-2-4-20(24)15-18/h2-10,15H,11-14,16H2,1H3. The Morgan fingerprint density at radius 2 is 1.90 bits per heavy atom. The van der Waals surface area contributed by atoms with Crippen LogP contribution in [-0.4, -0.2) is 52.0 Å². The van der Waals surface area contributed by atoms with Gasteiger partial charge in [-0.3, -0.25) is 9.69 Å². The SMILES string of the molecule is Cc1ccc(-c2noc(CN3CCN(C(=O)C=Cc4cccc(F)c4)CC3)n2)cc1. The summed E-state index contributed by atoms with van der Waals surface area (Å²) in [5.74, 6) is 0.765. The summed E-state index contributed by atoms with van der Waals surface area (Å²) in [4.78, 5) is 20.9. The number of rotatable bonds is 5. The fourth-order valence-corrected chi connectivity index (χ4v) is 3.34. The number of aryl methyl sites for hydroxylation is 1. The maximum Gasteiger partial charge on any atom is 0.246 e. The molecule has 2 heterocycles. The molecule has 2 aromatic carbocycles. The van der Waals surface area contributed by atoms with E-state index in [1.807, 2.05) is 31.2 Å². The quantitative estimate of drug-likeness (QED) is 0.607. The average Bonchev–Trinajstić information content (AvgIpc) is 3.21. The molecule has 0 atom stereocenters. The Bertz CT molecular complexity index is 1040. The van der Waals surface area contributed by atoms with E-state index >= 15 is 0 Å². The van der Waals surface area contributed by atoms with Crippen LogP contribution in [0.2, 0.25) is 0 Å². The Balaban J connectivity index is 1.28. The van der Waals surface area contributed by atoms with Gasteiger partial charge in [0, 0.05) is 37.8 Å². The number of nitrogens with zero attached hydrogens (tertiary/aromatic N) is 4. The normalized spacial score (nSPS) is 15.1. The minimum atomic E-state index is -0.315. The van der Waals surface area contributed by atoms with Crippen LogP contribution in [0.3, 0.4) is 0 Å². The number of hydrogen-bond donors (Lipinski definition) is 0. The lowest BCUT2D eigenvalue weighted by atomic mass is 10.1. The molecule has 6 nitrogen and oxygen atoms in total. The molecule has 0 bridgehead atoms. The third-order valence-corrected chi connectivity index (χ3v) is 5.09. The monoisotopic (exact) mass is 406 g/mol. The first-order valence-electron chi connectivity index (χ1n) is 9.91. The Morgan fingerprint density at radius 3 is 2.63 bits per heavy atom. The Kier molecular flexibility index (Phi) is 5.99. The van der Waals surface area contributed by atoms with Gasteiger partial charge in [-0.05, 0) is 30.7 Å². The molecule has 7 heteroatoms. The summed E-state index contributed by atoms with van der Waals surface area (Å²) >= 11 is 0. The summed E-state index contributed by atoms with van der Waals surface area (Å²) in [6.07, 6.45) is 3.14. The van der Waals surface area contributed by atoms with Crippen LogP contribution in [0.15, 0.2) is 59.1 Å². The third kappa shape index (κ3) is 4.99. The van der Waals surface area contributed by atoms with Gasteiger partial charge >= 0.3 is 0 Å². The van der Waals surface area contributed by atoms with Crippen molar-refractivity contribution < 1.29 is 13.7 Å². The summed E-state index contributed by atoms with van der Waals surface area (Å²) in [7, 11) is 0. The molecule has 1 aliphatic rings. The first-order chi connectivity index (χ1) is 14.6. The molecule has 30 heavy (non-hydrogen) atoms. The average molecular weight is 406 g/mol. The fourth-order valence-electron chi connectivity index (χ4n) is 3.34. The molecule has 0 spiro atoms. The molecule has 4 rings (SSSR count). The van der Waals surface area contributed by atoms with Crippen molar-refractivity contribution >= 4 is 12.0 Å². The molecule has 0 N–H and O–H groups in total. The van der Waals surface area contributed by atoms with E-state index < -0.39 is 0 Å². The summed E-state index contributed by atoms with van der Waals surface area (Å²) in [5, 5.41) is 4.07. The zero-order valence-electron chi connectivity index (χ0n) is 16.8. The number of halogens is 1. The maximum absolute atomic E-state index is 13.2. The summed E-state index contributed by atoms with van der Waals surface area (Å²) in [6.45, 7) is 5.27. The molecule has 1 aromatic heterocycles. The number of carbonyl (C=O) groups excluding carboxylic acids is 1. The minimum absolute atomic E-state index is 0.0710. The van der Waals surface area contributed by atoms with Crippen LogP contribution in [0.1, 0.15) is 17.0 Å². The van der Waals surface area contributed by atoms with E-state index in [0.29, 0.717) is 36.9 Å². The van der Waals surface area contributed by atoms with Gasteiger partial charge in [-0.2, -0.15) is 4.98 Å². The second kappa shape index (κ2) is 9.00. The highest BCUT2D eigenvalue weighted by atomic mass is 19.1. The number of aromatic nitrogens is 2. The molecule has 0 aliphatic carbocycles. The zero-order valence-corrected chi connectivity index (χ0v) is 16.8. The van der Waals surface area contributed by atoms with E-state index in [9.17, 15) is 9.18 Å². The van der Waals surface area contributed by atoms with Gasteiger partial charge in [0.1, 0.15) is 5.82 Å². The van der Waals surface area contributed by atoms with Crippen LogP contribution in [-0.2, 0) is 11.3 Å². The molecule has 1 fully saturated rings. The molecule has 154 valence electrons. The third-order valence-electron chi connectivity index (χ3n) is 5.09. The molecule has 0 unspecified atom stereocenters. The lowest BCUT2D eigenvalue weighted by Gasteiger charge is -2.33. The maximum atomic E-state index is 13.2. The first kappa shape index (κ1) is 20.0. The molecule has 0 radical (unpaired) electrons. The van der Waals surface area contributed by atoms with Gasteiger partial charge in [0.15, 0.2) is 0 Å². The fraction of sp³-hybridized carbons (Fsp3) is 0.261. The number of benzene rings is 2. The zero-order chi connectivity index (χ0) is 20.9. The van der Waals surface area contributed by atoms with Gasteiger partial charge in [-0.1, -0.05) is 47.1 Å². The van der Waals surface area contributed by atoms with Gasteiger partial charge in [-0.25, -0.2) is 4.39 Å². The largest absolute Gasteiger partial charge is 0.338 e.